The first-order chi connectivity index (χ1) is 15.7. The van der Waals surface area contributed by atoms with Crippen molar-refractivity contribution in [1.29, 1.82) is 0 Å². The molecule has 32 heavy (non-hydrogen) atoms. The lowest BCUT2D eigenvalue weighted by Gasteiger charge is -2.49. The lowest BCUT2D eigenvalue weighted by molar-refractivity contribution is 0.0169. The van der Waals surface area contributed by atoms with E-state index in [0.29, 0.717) is 12.1 Å². The number of halogens is 2. The maximum Gasteiger partial charge on any atom is 0.0635 e. The molecule has 4 heteroatoms. The van der Waals surface area contributed by atoms with E-state index in [2.05, 4.69) is 41.0 Å². The third kappa shape index (κ3) is 4.37. The van der Waals surface area contributed by atoms with Crippen LogP contribution in [0.5, 0.6) is 0 Å². The third-order valence-electron chi connectivity index (χ3n) is 8.24. The molecule has 2 nitrogen and oxygen atoms in total. The molecule has 2 bridgehead atoms. The highest BCUT2D eigenvalue weighted by molar-refractivity contribution is 6.32. The van der Waals surface area contributed by atoms with Crippen molar-refractivity contribution in [2.45, 2.75) is 82.5 Å². The topological polar surface area (TPSA) is 6.48 Å². The zero-order chi connectivity index (χ0) is 22.1. The highest BCUT2D eigenvalue weighted by atomic mass is 35.5. The van der Waals surface area contributed by atoms with Crippen LogP contribution in [0.25, 0.3) is 0 Å². The van der Waals surface area contributed by atoms with Crippen LogP contribution >= 0.6 is 23.2 Å². The summed E-state index contributed by atoms with van der Waals surface area (Å²) in [4.78, 5) is 5.62. The normalized spacial score (nSPS) is 29.0. The Balaban J connectivity index is 1.46. The summed E-state index contributed by atoms with van der Waals surface area (Å²) in [6.07, 6.45) is 10.7. The van der Waals surface area contributed by atoms with Crippen LogP contribution in [0, 0.1) is 5.92 Å². The highest BCUT2D eigenvalue weighted by Gasteiger charge is 2.47. The zero-order valence-electron chi connectivity index (χ0n) is 19.2. The van der Waals surface area contributed by atoms with Crippen molar-refractivity contribution in [2.24, 2.45) is 5.92 Å². The van der Waals surface area contributed by atoms with Gasteiger partial charge in [-0.1, -0.05) is 72.9 Å². The zero-order valence-corrected chi connectivity index (χ0v) is 20.7. The SMILES string of the molecule is CCCN1CCCCC1C1CC2CCC(C1)N2C(c1ccccc1Cl)c1ccccc1Cl. The average Bonchev–Trinajstić information content (AvgIpc) is 3.05. The van der Waals surface area contributed by atoms with E-state index >= 15 is 0 Å². The van der Waals surface area contributed by atoms with Crippen LogP contribution in [0.4, 0.5) is 0 Å². The van der Waals surface area contributed by atoms with Gasteiger partial charge >= 0.3 is 0 Å². The van der Waals surface area contributed by atoms with Gasteiger partial charge in [-0.2, -0.15) is 0 Å². The Labute approximate surface area is 203 Å². The van der Waals surface area contributed by atoms with Gasteiger partial charge in [0.15, 0.2) is 0 Å². The number of benzene rings is 2. The van der Waals surface area contributed by atoms with Crippen LogP contribution in [0.3, 0.4) is 0 Å². The second-order valence-corrected chi connectivity index (χ2v) is 10.9. The molecule has 3 atom stereocenters. The van der Waals surface area contributed by atoms with E-state index in [-0.39, 0.29) is 6.04 Å². The summed E-state index contributed by atoms with van der Waals surface area (Å²) in [7, 11) is 0. The average molecular weight is 472 g/mol. The van der Waals surface area contributed by atoms with Crippen LogP contribution in [-0.2, 0) is 0 Å². The second kappa shape index (κ2) is 10.1. The highest BCUT2D eigenvalue weighted by Crippen LogP contribution is 2.49. The van der Waals surface area contributed by atoms with Crippen molar-refractivity contribution in [2.75, 3.05) is 13.1 Å². The molecule has 0 N–H and O–H groups in total. The smallest absolute Gasteiger partial charge is 0.0635 e. The van der Waals surface area contributed by atoms with Gasteiger partial charge in [-0.25, -0.2) is 0 Å². The predicted molar refractivity (Wildman–Crippen MR) is 136 cm³/mol. The molecule has 3 heterocycles. The summed E-state index contributed by atoms with van der Waals surface area (Å²) in [5.41, 5.74) is 2.39. The first kappa shape index (κ1) is 22.7. The minimum atomic E-state index is 0.133. The molecule has 2 aromatic carbocycles. The molecule has 0 aliphatic carbocycles. The van der Waals surface area contributed by atoms with Gasteiger partial charge in [-0.3, -0.25) is 4.90 Å². The Morgan fingerprint density at radius 2 is 1.44 bits per heavy atom. The number of rotatable bonds is 6. The standard InChI is InChI=1S/C28H36Cl2N2/c1-2-16-31-17-8-7-13-27(31)20-18-21-14-15-22(19-20)32(21)28(23-9-3-5-11-25(23)29)24-10-4-6-12-26(24)30/h3-6,9-12,20-22,27-28H,2,7-8,13-19H2,1H3. The molecule has 172 valence electrons. The molecular formula is C28H36Cl2N2. The van der Waals surface area contributed by atoms with Gasteiger partial charge in [-0.05, 0) is 87.2 Å². The molecule has 2 aromatic rings. The molecule has 3 aliphatic rings. The number of hydrogen-bond donors (Lipinski definition) is 0. The van der Waals surface area contributed by atoms with Gasteiger partial charge < -0.3 is 4.90 Å². The quantitative estimate of drug-likeness (QED) is 0.428. The second-order valence-electron chi connectivity index (χ2n) is 10.1. The minimum Gasteiger partial charge on any atom is -0.300 e. The molecule has 3 unspecified atom stereocenters. The fraction of sp³-hybridized carbons (Fsp3) is 0.571. The van der Waals surface area contributed by atoms with E-state index in [1.54, 1.807) is 0 Å². The molecule has 3 aliphatic heterocycles. The summed E-state index contributed by atoms with van der Waals surface area (Å²) >= 11 is 13.6. The maximum absolute atomic E-state index is 6.78. The fourth-order valence-corrected chi connectivity index (χ4v) is 7.47. The number of piperidine rings is 2. The molecule has 0 aromatic heterocycles. The van der Waals surface area contributed by atoms with Crippen LogP contribution in [0.2, 0.25) is 10.0 Å². The fourth-order valence-electron chi connectivity index (χ4n) is 6.99. The van der Waals surface area contributed by atoms with Crippen LogP contribution in [0.15, 0.2) is 48.5 Å². The first-order valence-corrected chi connectivity index (χ1v) is 13.4. The maximum atomic E-state index is 6.78. The van der Waals surface area contributed by atoms with E-state index in [0.717, 1.165) is 22.0 Å². The van der Waals surface area contributed by atoms with Crippen molar-refractivity contribution >= 4 is 23.2 Å². The number of nitrogens with zero attached hydrogens (tertiary/aromatic N) is 2. The Hall–Kier alpha value is -1.06. The van der Waals surface area contributed by atoms with Gasteiger partial charge in [0.2, 0.25) is 0 Å². The Morgan fingerprint density at radius 1 is 0.844 bits per heavy atom. The monoisotopic (exact) mass is 470 g/mol. The molecule has 3 fully saturated rings. The van der Waals surface area contributed by atoms with Crippen molar-refractivity contribution in [3.8, 4) is 0 Å². The van der Waals surface area contributed by atoms with Crippen molar-refractivity contribution in [3.05, 3.63) is 69.7 Å². The van der Waals surface area contributed by atoms with Gasteiger partial charge in [0.25, 0.3) is 0 Å². The van der Waals surface area contributed by atoms with Crippen molar-refractivity contribution < 1.29 is 0 Å². The summed E-state index contributed by atoms with van der Waals surface area (Å²) < 4.78 is 0. The van der Waals surface area contributed by atoms with E-state index in [4.69, 9.17) is 23.2 Å². The summed E-state index contributed by atoms with van der Waals surface area (Å²) in [5, 5.41) is 1.70. The third-order valence-corrected chi connectivity index (χ3v) is 8.93. The Kier molecular flexibility index (Phi) is 7.14. The Bertz CT molecular complexity index is 854. The van der Waals surface area contributed by atoms with Crippen LogP contribution in [-0.4, -0.2) is 41.0 Å². The summed E-state index contributed by atoms with van der Waals surface area (Å²) in [6, 6.07) is 18.9. The molecule has 0 saturated carbocycles. The Morgan fingerprint density at radius 3 is 2.00 bits per heavy atom. The number of hydrogen-bond acceptors (Lipinski definition) is 2. The minimum absolute atomic E-state index is 0.133. The van der Waals surface area contributed by atoms with Gasteiger partial charge in [0, 0.05) is 28.2 Å². The molecule has 5 rings (SSSR count). The predicted octanol–water partition coefficient (Wildman–Crippen LogP) is 7.59. The summed E-state index contributed by atoms with van der Waals surface area (Å²) in [5.74, 6) is 0.828. The lowest BCUT2D eigenvalue weighted by Crippen LogP contribution is -2.52. The van der Waals surface area contributed by atoms with Crippen molar-refractivity contribution in [3.63, 3.8) is 0 Å². The first-order valence-electron chi connectivity index (χ1n) is 12.7. The number of fused-ring (bicyclic) bond motifs is 2. The van der Waals surface area contributed by atoms with E-state index < -0.39 is 0 Å². The van der Waals surface area contributed by atoms with Gasteiger partial charge in [0.05, 0.1) is 6.04 Å². The van der Waals surface area contributed by atoms with Gasteiger partial charge in [0.1, 0.15) is 0 Å². The van der Waals surface area contributed by atoms with Gasteiger partial charge in [-0.15, -0.1) is 0 Å². The van der Waals surface area contributed by atoms with Crippen LogP contribution < -0.4 is 0 Å². The molecule has 0 spiro atoms. The molecule has 3 saturated heterocycles. The molecule has 0 amide bonds. The molecule has 0 radical (unpaired) electrons. The van der Waals surface area contributed by atoms with Crippen molar-refractivity contribution in [1.82, 2.24) is 9.80 Å². The van der Waals surface area contributed by atoms with E-state index in [1.807, 2.05) is 24.3 Å². The molecular weight excluding hydrogens is 435 g/mol. The summed E-state index contributed by atoms with van der Waals surface area (Å²) in [6.45, 7) is 4.90. The van der Waals surface area contributed by atoms with E-state index in [9.17, 15) is 0 Å². The van der Waals surface area contributed by atoms with E-state index in [1.165, 1.54) is 75.6 Å². The number of likely N-dealkylation sites (tertiary alicyclic amines) is 1. The van der Waals surface area contributed by atoms with Crippen LogP contribution in [0.1, 0.15) is 75.5 Å². The lowest BCUT2D eigenvalue weighted by atomic mass is 9.79. The largest absolute Gasteiger partial charge is 0.300 e.